The van der Waals surface area contributed by atoms with Crippen molar-refractivity contribution in [3.63, 3.8) is 0 Å². The van der Waals surface area contributed by atoms with Gasteiger partial charge in [0.2, 0.25) is 0 Å². The topological polar surface area (TPSA) is 54.0 Å². The highest BCUT2D eigenvalue weighted by atomic mass is 32.2. The van der Waals surface area contributed by atoms with E-state index in [2.05, 4.69) is 0 Å². The van der Waals surface area contributed by atoms with Crippen LogP contribution < -0.4 is 0 Å². The van der Waals surface area contributed by atoms with Crippen LogP contribution in [0.5, 0.6) is 0 Å². The molecule has 0 aliphatic rings. The molecule has 3 nitrogen and oxygen atoms in total. The van der Waals surface area contributed by atoms with Crippen LogP contribution in [0.25, 0.3) is 0 Å². The van der Waals surface area contributed by atoms with Crippen LogP contribution in [-0.4, -0.2) is 14.7 Å². The van der Waals surface area contributed by atoms with E-state index in [0.29, 0.717) is 5.56 Å². The van der Waals surface area contributed by atoms with E-state index in [4.69, 9.17) is 0 Å². The average molecular weight is 185 g/mol. The molecule has 1 radical (unpaired) electrons. The van der Waals surface area contributed by atoms with Crippen molar-refractivity contribution in [2.45, 2.75) is 11.5 Å². The van der Waals surface area contributed by atoms with Crippen LogP contribution in [0.4, 0.5) is 0 Å². The van der Waals surface area contributed by atoms with Crippen molar-refractivity contribution in [2.24, 2.45) is 0 Å². The summed E-state index contributed by atoms with van der Waals surface area (Å²) >= 11 is 0. The fourth-order valence-corrected chi connectivity index (χ4v) is 1.91. The predicted octanol–water partition coefficient (Wildman–Crippen LogP) is 1.02. The monoisotopic (exact) mass is 185 g/mol. The van der Waals surface area contributed by atoms with Crippen molar-refractivity contribution < 1.29 is 13.5 Å². The molecule has 0 unspecified atom stereocenters. The van der Waals surface area contributed by atoms with Crippen molar-refractivity contribution >= 4 is 9.84 Å². The number of hydrogen-bond acceptors (Lipinski definition) is 2. The molecule has 0 aliphatic carbocycles. The first kappa shape index (κ1) is 9.22. The smallest absolute Gasteiger partial charge is 0.175 e. The summed E-state index contributed by atoms with van der Waals surface area (Å²) in [6.07, 6.45) is 1.10. The summed E-state index contributed by atoms with van der Waals surface area (Å²) in [5.74, 6) is 0. The van der Waals surface area contributed by atoms with Gasteiger partial charge in [-0.2, -0.15) is 0 Å². The van der Waals surface area contributed by atoms with Gasteiger partial charge in [0, 0.05) is 6.26 Å². The number of benzene rings is 1. The van der Waals surface area contributed by atoms with E-state index in [1.54, 1.807) is 12.1 Å². The van der Waals surface area contributed by atoms with Gasteiger partial charge in [-0.15, -0.1) is 0 Å². The molecule has 4 heteroatoms. The van der Waals surface area contributed by atoms with E-state index in [9.17, 15) is 13.5 Å². The normalized spacial score (nSPS) is 11.5. The molecule has 1 rings (SSSR count). The third-order valence-electron chi connectivity index (χ3n) is 1.53. The Hall–Kier alpha value is -0.870. The lowest BCUT2D eigenvalue weighted by molar-refractivity contribution is 0.175. The molecule has 0 saturated heterocycles. The standard InChI is InChI=1S/C8H9O3S/c1-12(10,11)8-5-3-2-4-7(8)6-9/h2-5H,6H2,1H3. The van der Waals surface area contributed by atoms with E-state index in [1.165, 1.54) is 12.1 Å². The van der Waals surface area contributed by atoms with Gasteiger partial charge in [-0.3, -0.25) is 0 Å². The molecule has 0 fully saturated rings. The van der Waals surface area contributed by atoms with Gasteiger partial charge in [0.1, 0.15) is 6.61 Å². The van der Waals surface area contributed by atoms with Gasteiger partial charge in [-0.05, 0) is 11.6 Å². The van der Waals surface area contributed by atoms with Gasteiger partial charge >= 0.3 is 0 Å². The number of sulfone groups is 1. The minimum atomic E-state index is -3.25. The van der Waals surface area contributed by atoms with E-state index >= 15 is 0 Å². The Morgan fingerprint density at radius 3 is 2.25 bits per heavy atom. The summed E-state index contributed by atoms with van der Waals surface area (Å²) < 4.78 is 22.1. The number of rotatable bonds is 2. The van der Waals surface area contributed by atoms with Crippen molar-refractivity contribution in [1.82, 2.24) is 0 Å². The van der Waals surface area contributed by atoms with Gasteiger partial charge in [0.25, 0.3) is 0 Å². The van der Waals surface area contributed by atoms with Crippen molar-refractivity contribution in [3.8, 4) is 0 Å². The quantitative estimate of drug-likeness (QED) is 0.690. The molecule has 0 spiro atoms. The molecule has 0 bridgehead atoms. The molecule has 0 atom stereocenters. The molecule has 0 aliphatic heterocycles. The van der Waals surface area contributed by atoms with Crippen LogP contribution in [0.3, 0.4) is 0 Å². The number of hydrogen-bond donors (Lipinski definition) is 0. The van der Waals surface area contributed by atoms with Gasteiger partial charge < -0.3 is 0 Å². The van der Waals surface area contributed by atoms with E-state index in [-0.39, 0.29) is 4.90 Å². The lowest BCUT2D eigenvalue weighted by Gasteiger charge is -2.02. The van der Waals surface area contributed by atoms with Crippen molar-refractivity contribution in [3.05, 3.63) is 29.8 Å². The van der Waals surface area contributed by atoms with Crippen LogP contribution in [0.15, 0.2) is 29.2 Å². The Kier molecular flexibility index (Phi) is 2.49. The lowest BCUT2D eigenvalue weighted by Crippen LogP contribution is -2.01. The van der Waals surface area contributed by atoms with Crippen LogP contribution in [-0.2, 0) is 21.6 Å². The van der Waals surface area contributed by atoms with Gasteiger partial charge in [-0.1, -0.05) is 18.2 Å². The Morgan fingerprint density at radius 1 is 1.25 bits per heavy atom. The molecule has 0 saturated carbocycles. The summed E-state index contributed by atoms with van der Waals surface area (Å²) in [6.45, 7) is -0.497. The fraction of sp³-hybridized carbons (Fsp3) is 0.250. The minimum absolute atomic E-state index is 0.139. The third kappa shape index (κ3) is 1.84. The maximum atomic E-state index is 11.1. The summed E-state index contributed by atoms with van der Waals surface area (Å²) in [5.41, 5.74) is 0.333. The first-order chi connectivity index (χ1) is 5.55. The Morgan fingerprint density at radius 2 is 1.83 bits per heavy atom. The molecular weight excluding hydrogens is 176 g/mol. The van der Waals surface area contributed by atoms with Crippen LogP contribution in [0.1, 0.15) is 5.56 Å². The van der Waals surface area contributed by atoms with Gasteiger partial charge in [-0.25, -0.2) is 13.5 Å². The maximum absolute atomic E-state index is 11.1. The van der Waals surface area contributed by atoms with Crippen molar-refractivity contribution in [1.29, 1.82) is 0 Å². The maximum Gasteiger partial charge on any atom is 0.175 e. The highest BCUT2D eigenvalue weighted by Gasteiger charge is 2.11. The molecule has 1 aromatic carbocycles. The second-order valence-corrected chi connectivity index (χ2v) is 4.51. The average Bonchev–Trinajstić information content (AvgIpc) is 2.03. The summed E-state index contributed by atoms with van der Waals surface area (Å²) in [6, 6.07) is 6.24. The molecule has 1 aromatic rings. The zero-order valence-electron chi connectivity index (χ0n) is 6.65. The predicted molar refractivity (Wildman–Crippen MR) is 43.9 cm³/mol. The van der Waals surface area contributed by atoms with Crippen LogP contribution in [0.2, 0.25) is 0 Å². The Bertz CT molecular complexity index is 368. The van der Waals surface area contributed by atoms with E-state index < -0.39 is 16.4 Å². The first-order valence-corrected chi connectivity index (χ1v) is 5.31. The van der Waals surface area contributed by atoms with E-state index in [0.717, 1.165) is 6.26 Å². The van der Waals surface area contributed by atoms with Gasteiger partial charge in [0.15, 0.2) is 9.84 Å². The zero-order valence-corrected chi connectivity index (χ0v) is 7.47. The molecule has 12 heavy (non-hydrogen) atoms. The minimum Gasteiger partial charge on any atom is -0.232 e. The zero-order chi connectivity index (χ0) is 9.19. The van der Waals surface area contributed by atoms with Gasteiger partial charge in [0.05, 0.1) is 4.90 Å². The second-order valence-electron chi connectivity index (χ2n) is 2.52. The summed E-state index contributed by atoms with van der Waals surface area (Å²) in [7, 11) is -3.25. The largest absolute Gasteiger partial charge is 0.232 e. The van der Waals surface area contributed by atoms with Crippen molar-refractivity contribution in [2.75, 3.05) is 6.26 Å². The summed E-state index contributed by atoms with van der Waals surface area (Å²) in [5, 5.41) is 10.5. The fourth-order valence-electron chi connectivity index (χ4n) is 0.985. The highest BCUT2D eigenvalue weighted by Crippen LogP contribution is 2.14. The molecule has 0 aromatic heterocycles. The summed E-state index contributed by atoms with van der Waals surface area (Å²) in [4.78, 5) is 0.139. The first-order valence-electron chi connectivity index (χ1n) is 3.42. The highest BCUT2D eigenvalue weighted by molar-refractivity contribution is 7.90. The molecular formula is C8H9O3S. The van der Waals surface area contributed by atoms with E-state index in [1.807, 2.05) is 0 Å². The molecule has 0 N–H and O–H groups in total. The Balaban J connectivity index is 3.33. The van der Waals surface area contributed by atoms with Crippen LogP contribution in [0, 0.1) is 0 Å². The molecule has 0 heterocycles. The van der Waals surface area contributed by atoms with Crippen LogP contribution >= 0.6 is 0 Å². The molecule has 0 amide bonds. The Labute approximate surface area is 71.6 Å². The molecule has 65 valence electrons. The second kappa shape index (κ2) is 3.25. The third-order valence-corrected chi connectivity index (χ3v) is 2.72. The lowest BCUT2D eigenvalue weighted by atomic mass is 10.2. The SMILES string of the molecule is CS(=O)(=O)c1ccccc1C[O].